The van der Waals surface area contributed by atoms with Crippen LogP contribution >= 0.6 is 0 Å². The molecule has 0 spiro atoms. The summed E-state index contributed by atoms with van der Waals surface area (Å²) in [4.78, 5) is 22.8. The zero-order valence-corrected chi connectivity index (χ0v) is 11.0. The Balaban J connectivity index is 2.06. The standard InChI is InChI=1S/C13H15N5O2/c1-15-12(19)8-16-13(20)11-6-7-18(17-11)10-4-2-9(14)3-5-10/h2-7H,8,14H2,1H3,(H,15,19)(H,16,20). The quantitative estimate of drug-likeness (QED) is 0.678. The fourth-order valence-corrected chi connectivity index (χ4v) is 1.56. The van der Waals surface area contributed by atoms with Crippen LogP contribution in [0.2, 0.25) is 0 Å². The molecule has 1 heterocycles. The molecule has 1 aromatic heterocycles. The van der Waals surface area contributed by atoms with Crippen molar-refractivity contribution in [3.63, 3.8) is 0 Å². The number of rotatable bonds is 4. The summed E-state index contributed by atoms with van der Waals surface area (Å²) in [5.74, 6) is -0.667. The second kappa shape index (κ2) is 5.87. The van der Waals surface area contributed by atoms with Crippen LogP contribution < -0.4 is 16.4 Å². The van der Waals surface area contributed by atoms with Gasteiger partial charge < -0.3 is 16.4 Å². The minimum absolute atomic E-state index is 0.0793. The van der Waals surface area contributed by atoms with Crippen LogP contribution in [0.1, 0.15) is 10.5 Å². The van der Waals surface area contributed by atoms with Crippen LogP contribution in [0.25, 0.3) is 5.69 Å². The molecule has 7 nitrogen and oxygen atoms in total. The molecular weight excluding hydrogens is 258 g/mol. The Morgan fingerprint density at radius 2 is 1.95 bits per heavy atom. The molecule has 0 saturated carbocycles. The van der Waals surface area contributed by atoms with E-state index in [1.165, 1.54) is 7.05 Å². The lowest BCUT2D eigenvalue weighted by Crippen LogP contribution is -2.35. The van der Waals surface area contributed by atoms with E-state index >= 15 is 0 Å². The van der Waals surface area contributed by atoms with E-state index in [-0.39, 0.29) is 18.1 Å². The van der Waals surface area contributed by atoms with Gasteiger partial charge in [0.15, 0.2) is 5.69 Å². The minimum atomic E-state index is -0.400. The number of carbonyl (C=O) groups excluding carboxylic acids is 2. The molecular formula is C13H15N5O2. The highest BCUT2D eigenvalue weighted by Gasteiger charge is 2.11. The third-order valence-electron chi connectivity index (χ3n) is 2.67. The largest absolute Gasteiger partial charge is 0.399 e. The van der Waals surface area contributed by atoms with Crippen LogP contribution in [0, 0.1) is 0 Å². The lowest BCUT2D eigenvalue weighted by molar-refractivity contribution is -0.119. The van der Waals surface area contributed by atoms with Crippen LogP contribution in [0.3, 0.4) is 0 Å². The molecule has 2 amide bonds. The first-order chi connectivity index (χ1) is 9.60. The second-order valence-corrected chi connectivity index (χ2v) is 4.09. The Bertz CT molecular complexity index is 618. The molecule has 0 aliphatic heterocycles. The third-order valence-corrected chi connectivity index (χ3v) is 2.67. The maximum absolute atomic E-state index is 11.8. The number of aromatic nitrogens is 2. The van der Waals surface area contributed by atoms with E-state index in [9.17, 15) is 9.59 Å². The van der Waals surface area contributed by atoms with Gasteiger partial charge in [-0.2, -0.15) is 5.10 Å². The summed E-state index contributed by atoms with van der Waals surface area (Å²) in [5.41, 5.74) is 7.30. The number of hydrogen-bond donors (Lipinski definition) is 3. The fourth-order valence-electron chi connectivity index (χ4n) is 1.56. The van der Waals surface area contributed by atoms with Crippen molar-refractivity contribution in [1.29, 1.82) is 0 Å². The van der Waals surface area contributed by atoms with Gasteiger partial charge in [-0.3, -0.25) is 9.59 Å². The van der Waals surface area contributed by atoms with Crippen LogP contribution in [-0.4, -0.2) is 35.2 Å². The van der Waals surface area contributed by atoms with Gasteiger partial charge in [0.2, 0.25) is 5.91 Å². The van der Waals surface area contributed by atoms with Crippen LogP contribution in [0.15, 0.2) is 36.5 Å². The van der Waals surface area contributed by atoms with Crippen LogP contribution in [0.4, 0.5) is 5.69 Å². The summed E-state index contributed by atoms with van der Waals surface area (Å²) in [7, 11) is 1.50. The molecule has 0 fully saturated rings. The zero-order valence-electron chi connectivity index (χ0n) is 11.0. The van der Waals surface area contributed by atoms with E-state index in [0.29, 0.717) is 5.69 Å². The number of nitrogens with two attached hydrogens (primary N) is 1. The van der Waals surface area contributed by atoms with Gasteiger partial charge in [0.05, 0.1) is 12.2 Å². The first-order valence-electron chi connectivity index (χ1n) is 6.00. The molecule has 0 radical (unpaired) electrons. The number of nitrogen functional groups attached to an aromatic ring is 1. The van der Waals surface area contributed by atoms with Gasteiger partial charge in [-0.15, -0.1) is 0 Å². The summed E-state index contributed by atoms with van der Waals surface area (Å²) in [6.45, 7) is -0.0793. The molecule has 20 heavy (non-hydrogen) atoms. The maximum Gasteiger partial charge on any atom is 0.272 e. The second-order valence-electron chi connectivity index (χ2n) is 4.09. The Labute approximate surface area is 115 Å². The van der Waals surface area contributed by atoms with Gasteiger partial charge in [0, 0.05) is 18.9 Å². The van der Waals surface area contributed by atoms with Crippen LogP contribution in [0.5, 0.6) is 0 Å². The number of hydrogen-bond acceptors (Lipinski definition) is 4. The van der Waals surface area contributed by atoms with Crippen molar-refractivity contribution in [2.75, 3.05) is 19.3 Å². The smallest absolute Gasteiger partial charge is 0.272 e. The average molecular weight is 273 g/mol. The molecule has 1 aromatic carbocycles. The molecule has 4 N–H and O–H groups in total. The zero-order chi connectivity index (χ0) is 14.5. The van der Waals surface area contributed by atoms with Crippen molar-refractivity contribution >= 4 is 17.5 Å². The molecule has 2 rings (SSSR count). The molecule has 7 heteroatoms. The molecule has 0 aliphatic carbocycles. The number of anilines is 1. The molecule has 2 aromatic rings. The summed E-state index contributed by atoms with van der Waals surface area (Å²) in [5, 5.41) is 9.04. The lowest BCUT2D eigenvalue weighted by atomic mass is 10.3. The van der Waals surface area contributed by atoms with Crippen molar-refractivity contribution in [2.45, 2.75) is 0 Å². The van der Waals surface area contributed by atoms with Crippen molar-refractivity contribution < 1.29 is 9.59 Å². The Kier molecular flexibility index (Phi) is 3.99. The number of nitrogens with one attached hydrogen (secondary N) is 2. The Morgan fingerprint density at radius 1 is 1.25 bits per heavy atom. The number of amides is 2. The van der Waals surface area contributed by atoms with E-state index in [2.05, 4.69) is 15.7 Å². The van der Waals surface area contributed by atoms with E-state index in [4.69, 9.17) is 5.73 Å². The number of nitrogens with zero attached hydrogens (tertiary/aromatic N) is 2. The van der Waals surface area contributed by atoms with Crippen LogP contribution in [-0.2, 0) is 4.79 Å². The third kappa shape index (κ3) is 3.14. The molecule has 104 valence electrons. The average Bonchev–Trinajstić information content (AvgIpc) is 2.95. The lowest BCUT2D eigenvalue weighted by Gasteiger charge is -2.03. The van der Waals surface area contributed by atoms with Gasteiger partial charge in [-0.25, -0.2) is 4.68 Å². The monoisotopic (exact) mass is 273 g/mol. The van der Waals surface area contributed by atoms with E-state index < -0.39 is 5.91 Å². The minimum Gasteiger partial charge on any atom is -0.399 e. The van der Waals surface area contributed by atoms with Gasteiger partial charge in [-0.1, -0.05) is 0 Å². The highest BCUT2D eigenvalue weighted by atomic mass is 16.2. The van der Waals surface area contributed by atoms with Crippen molar-refractivity contribution in [1.82, 2.24) is 20.4 Å². The maximum atomic E-state index is 11.8. The summed E-state index contributed by atoms with van der Waals surface area (Å²) in [6.07, 6.45) is 1.67. The van der Waals surface area contributed by atoms with Crippen molar-refractivity contribution in [2.24, 2.45) is 0 Å². The highest BCUT2D eigenvalue weighted by molar-refractivity contribution is 5.94. The summed E-state index contributed by atoms with van der Waals surface area (Å²) >= 11 is 0. The van der Waals surface area contributed by atoms with E-state index in [0.717, 1.165) is 5.69 Å². The predicted octanol–water partition coefficient (Wildman–Crippen LogP) is -0.0697. The Morgan fingerprint density at radius 3 is 2.60 bits per heavy atom. The highest BCUT2D eigenvalue weighted by Crippen LogP contribution is 2.10. The van der Waals surface area contributed by atoms with Gasteiger partial charge in [0.25, 0.3) is 5.91 Å². The molecule has 0 saturated heterocycles. The molecule has 0 bridgehead atoms. The van der Waals surface area contributed by atoms with E-state index in [1.54, 1.807) is 41.2 Å². The topological polar surface area (TPSA) is 102 Å². The van der Waals surface area contributed by atoms with E-state index in [1.807, 2.05) is 0 Å². The number of benzene rings is 1. The molecule has 0 atom stereocenters. The first kappa shape index (κ1) is 13.6. The first-order valence-corrected chi connectivity index (χ1v) is 6.00. The summed E-state index contributed by atoms with van der Waals surface area (Å²) in [6, 6.07) is 8.68. The number of likely N-dealkylation sites (N-methyl/N-ethyl adjacent to an activating group) is 1. The van der Waals surface area contributed by atoms with Gasteiger partial charge in [0.1, 0.15) is 0 Å². The molecule has 0 unspecified atom stereocenters. The Hall–Kier alpha value is -2.83. The van der Waals surface area contributed by atoms with Gasteiger partial charge >= 0.3 is 0 Å². The number of carbonyl (C=O) groups is 2. The molecule has 0 aliphatic rings. The van der Waals surface area contributed by atoms with Crippen molar-refractivity contribution in [3.05, 3.63) is 42.2 Å². The van der Waals surface area contributed by atoms with Crippen molar-refractivity contribution in [3.8, 4) is 5.69 Å². The fraction of sp³-hybridized carbons (Fsp3) is 0.154. The SMILES string of the molecule is CNC(=O)CNC(=O)c1ccn(-c2ccc(N)cc2)n1. The predicted molar refractivity (Wildman–Crippen MR) is 74.4 cm³/mol. The van der Waals surface area contributed by atoms with Gasteiger partial charge in [-0.05, 0) is 30.3 Å². The summed E-state index contributed by atoms with van der Waals surface area (Å²) < 4.78 is 1.56. The normalized spacial score (nSPS) is 10.1.